The summed E-state index contributed by atoms with van der Waals surface area (Å²) in [7, 11) is 0. The van der Waals surface area contributed by atoms with E-state index in [1.807, 2.05) is 6.92 Å². The molecule has 0 aromatic carbocycles. The highest BCUT2D eigenvalue weighted by Gasteiger charge is 2.35. The highest BCUT2D eigenvalue weighted by atomic mass is 16.4. The Bertz CT molecular complexity index is 596. The maximum atomic E-state index is 9.62. The van der Waals surface area contributed by atoms with Crippen molar-refractivity contribution in [2.45, 2.75) is 59.4 Å². The quantitative estimate of drug-likeness (QED) is 0.801. The summed E-state index contributed by atoms with van der Waals surface area (Å²) in [5.41, 5.74) is 1.46. The minimum atomic E-state index is 0.293. The van der Waals surface area contributed by atoms with Crippen LogP contribution in [0.3, 0.4) is 0 Å². The van der Waals surface area contributed by atoms with E-state index < -0.39 is 0 Å². The Labute approximate surface area is 151 Å². The molecule has 2 heterocycles. The fourth-order valence-corrected chi connectivity index (χ4v) is 4.73. The van der Waals surface area contributed by atoms with Gasteiger partial charge in [0.05, 0.1) is 6.61 Å². The zero-order chi connectivity index (χ0) is 18.0. The molecule has 2 aliphatic rings. The summed E-state index contributed by atoms with van der Waals surface area (Å²) < 4.78 is 5.61. The van der Waals surface area contributed by atoms with E-state index in [-0.39, 0.29) is 0 Å². The van der Waals surface area contributed by atoms with Crippen molar-refractivity contribution in [3.05, 3.63) is 23.4 Å². The van der Waals surface area contributed by atoms with Crippen molar-refractivity contribution < 1.29 is 9.52 Å². The average Bonchev–Trinajstić information content (AvgIpc) is 3.18. The van der Waals surface area contributed by atoms with Crippen LogP contribution in [0, 0.1) is 30.6 Å². The second kappa shape index (κ2) is 8.00. The van der Waals surface area contributed by atoms with Gasteiger partial charge < -0.3 is 9.52 Å². The van der Waals surface area contributed by atoms with E-state index >= 15 is 0 Å². The summed E-state index contributed by atoms with van der Waals surface area (Å²) in [4.78, 5) is 2.51. The van der Waals surface area contributed by atoms with Gasteiger partial charge in [-0.25, -0.2) is 0 Å². The van der Waals surface area contributed by atoms with Crippen molar-refractivity contribution in [2.75, 3.05) is 19.7 Å². The van der Waals surface area contributed by atoms with E-state index in [9.17, 15) is 5.11 Å². The van der Waals surface area contributed by atoms with Gasteiger partial charge in [0.15, 0.2) is 0 Å². The van der Waals surface area contributed by atoms with Crippen molar-refractivity contribution in [2.24, 2.45) is 23.7 Å². The number of rotatable bonds is 6. The number of aromatic nitrogens is 2. The molecule has 0 spiro atoms. The number of aryl methyl sites for hydroxylation is 1. The molecule has 4 atom stereocenters. The minimum absolute atomic E-state index is 0.293. The lowest BCUT2D eigenvalue weighted by Crippen LogP contribution is -2.40. The lowest BCUT2D eigenvalue weighted by molar-refractivity contribution is 0.117. The first-order chi connectivity index (χ1) is 12.0. The lowest BCUT2D eigenvalue weighted by Gasteiger charge is -2.39. The Balaban J connectivity index is 1.72. The Kier molecular flexibility index (Phi) is 5.95. The topological polar surface area (TPSA) is 62.4 Å². The number of aliphatic hydroxyl groups excluding tert-OH is 1. The Morgan fingerprint density at radius 2 is 2.12 bits per heavy atom. The molecule has 0 bridgehead atoms. The van der Waals surface area contributed by atoms with E-state index in [2.05, 4.69) is 41.9 Å². The summed E-state index contributed by atoms with van der Waals surface area (Å²) >= 11 is 0. The Hall–Kier alpha value is -1.20. The van der Waals surface area contributed by atoms with E-state index in [0.717, 1.165) is 31.8 Å². The summed E-state index contributed by atoms with van der Waals surface area (Å²) in [5.74, 6) is 3.79. The molecule has 1 saturated heterocycles. The third-order valence-electron chi connectivity index (χ3n) is 6.23. The van der Waals surface area contributed by atoms with Crippen LogP contribution < -0.4 is 0 Å². The highest BCUT2D eigenvalue weighted by molar-refractivity contribution is 5.14. The van der Waals surface area contributed by atoms with Crippen LogP contribution in [-0.4, -0.2) is 45.9 Å². The SMILES string of the molecule is CC1=C[C@@H](CN2CCC[C@H]2CO)[C@H](C(C)C)C[C@H]1Cc1nnc(C)o1. The molecule has 1 aliphatic carbocycles. The maximum Gasteiger partial charge on any atom is 0.217 e. The number of allylic oxidation sites excluding steroid dienone is 1. The molecule has 140 valence electrons. The van der Waals surface area contributed by atoms with Gasteiger partial charge in [0.2, 0.25) is 11.8 Å². The van der Waals surface area contributed by atoms with Gasteiger partial charge in [-0.15, -0.1) is 10.2 Å². The molecule has 5 heteroatoms. The largest absolute Gasteiger partial charge is 0.426 e. The van der Waals surface area contributed by atoms with Gasteiger partial charge >= 0.3 is 0 Å². The monoisotopic (exact) mass is 347 g/mol. The molecule has 5 nitrogen and oxygen atoms in total. The molecule has 1 aromatic rings. The fraction of sp³-hybridized carbons (Fsp3) is 0.800. The molecular formula is C20H33N3O2. The molecule has 0 radical (unpaired) electrons. The van der Waals surface area contributed by atoms with Crippen LogP contribution >= 0.6 is 0 Å². The number of hydrogen-bond acceptors (Lipinski definition) is 5. The van der Waals surface area contributed by atoms with Crippen LogP contribution in [0.1, 0.15) is 51.8 Å². The summed E-state index contributed by atoms with van der Waals surface area (Å²) in [6, 6.07) is 0.362. The second-order valence-corrected chi connectivity index (χ2v) is 8.31. The first kappa shape index (κ1) is 18.6. The molecular weight excluding hydrogens is 314 g/mol. The maximum absolute atomic E-state index is 9.62. The zero-order valence-electron chi connectivity index (χ0n) is 16.1. The molecule has 1 N–H and O–H groups in total. The van der Waals surface area contributed by atoms with Crippen molar-refractivity contribution in [1.82, 2.24) is 15.1 Å². The second-order valence-electron chi connectivity index (χ2n) is 8.31. The Morgan fingerprint density at radius 3 is 2.76 bits per heavy atom. The first-order valence-electron chi connectivity index (χ1n) is 9.80. The first-order valence-corrected chi connectivity index (χ1v) is 9.80. The average molecular weight is 348 g/mol. The molecule has 1 fully saturated rings. The van der Waals surface area contributed by atoms with Crippen LogP contribution in [-0.2, 0) is 6.42 Å². The van der Waals surface area contributed by atoms with Crippen LogP contribution in [0.2, 0.25) is 0 Å². The summed E-state index contributed by atoms with van der Waals surface area (Å²) in [6.45, 7) is 11.3. The van der Waals surface area contributed by atoms with Crippen molar-refractivity contribution in [1.29, 1.82) is 0 Å². The normalized spacial score (nSPS) is 30.9. The molecule has 0 amide bonds. The van der Waals surface area contributed by atoms with Crippen molar-refractivity contribution >= 4 is 0 Å². The molecule has 1 aliphatic heterocycles. The predicted molar refractivity (Wildman–Crippen MR) is 98.1 cm³/mol. The smallest absolute Gasteiger partial charge is 0.217 e. The molecule has 0 unspecified atom stereocenters. The van der Waals surface area contributed by atoms with Crippen molar-refractivity contribution in [3.63, 3.8) is 0 Å². The number of nitrogens with zero attached hydrogens (tertiary/aromatic N) is 3. The molecule has 3 rings (SSSR count). The van der Waals surface area contributed by atoms with Gasteiger partial charge in [-0.05, 0) is 56.4 Å². The number of hydrogen-bond donors (Lipinski definition) is 1. The van der Waals surface area contributed by atoms with E-state index in [1.165, 1.54) is 18.4 Å². The van der Waals surface area contributed by atoms with Crippen LogP contribution in [0.15, 0.2) is 16.1 Å². The molecule has 0 saturated carbocycles. The summed E-state index contributed by atoms with van der Waals surface area (Å²) in [5, 5.41) is 17.8. The lowest BCUT2D eigenvalue weighted by atomic mass is 9.69. The third kappa shape index (κ3) is 4.32. The number of likely N-dealkylation sites (tertiary alicyclic amines) is 1. The van der Waals surface area contributed by atoms with Crippen molar-refractivity contribution in [3.8, 4) is 0 Å². The van der Waals surface area contributed by atoms with Crippen LogP contribution in [0.5, 0.6) is 0 Å². The van der Waals surface area contributed by atoms with E-state index in [1.54, 1.807) is 0 Å². The van der Waals surface area contributed by atoms with Crippen LogP contribution in [0.25, 0.3) is 0 Å². The standard InChI is InChI=1S/C20H33N3O2/c1-13(2)19-9-16(10-20-22-21-15(4)25-20)14(3)8-17(19)11-23-7-5-6-18(23)12-24/h8,13,16-19,24H,5-7,9-12H2,1-4H3/t16-,17-,18-,19-/m0/s1. The van der Waals surface area contributed by atoms with Gasteiger partial charge in [0.1, 0.15) is 0 Å². The van der Waals surface area contributed by atoms with Crippen LogP contribution in [0.4, 0.5) is 0 Å². The molecule has 1 aromatic heterocycles. The van der Waals surface area contributed by atoms with Gasteiger partial charge in [0, 0.05) is 25.9 Å². The van der Waals surface area contributed by atoms with Gasteiger partial charge in [0.25, 0.3) is 0 Å². The third-order valence-corrected chi connectivity index (χ3v) is 6.23. The Morgan fingerprint density at radius 1 is 1.32 bits per heavy atom. The predicted octanol–water partition coefficient (Wildman–Crippen LogP) is 3.23. The minimum Gasteiger partial charge on any atom is -0.426 e. The van der Waals surface area contributed by atoms with Gasteiger partial charge in [-0.3, -0.25) is 4.90 Å². The zero-order valence-corrected chi connectivity index (χ0v) is 16.1. The molecule has 25 heavy (non-hydrogen) atoms. The van der Waals surface area contributed by atoms with Gasteiger partial charge in [-0.2, -0.15) is 0 Å². The fourth-order valence-electron chi connectivity index (χ4n) is 4.73. The number of aliphatic hydroxyl groups is 1. The van der Waals surface area contributed by atoms with E-state index in [4.69, 9.17) is 4.42 Å². The van der Waals surface area contributed by atoms with E-state index in [0.29, 0.717) is 42.2 Å². The van der Waals surface area contributed by atoms with Gasteiger partial charge in [-0.1, -0.05) is 25.5 Å². The highest BCUT2D eigenvalue weighted by Crippen LogP contribution is 2.39. The summed E-state index contributed by atoms with van der Waals surface area (Å²) in [6.07, 6.45) is 6.88.